The van der Waals surface area contributed by atoms with Gasteiger partial charge in [0.25, 0.3) is 0 Å². The highest BCUT2D eigenvalue weighted by molar-refractivity contribution is 4.70. The average Bonchev–Trinajstić information content (AvgIpc) is 2.86. The van der Waals surface area contributed by atoms with Crippen LogP contribution in [0.1, 0.15) is 51.9 Å². The van der Waals surface area contributed by atoms with E-state index in [-0.39, 0.29) is 0 Å². The third kappa shape index (κ3) is 6.39. The van der Waals surface area contributed by atoms with Gasteiger partial charge in [-0.25, -0.2) is 0 Å². The summed E-state index contributed by atoms with van der Waals surface area (Å²) >= 11 is 0. The summed E-state index contributed by atoms with van der Waals surface area (Å²) in [6.45, 7) is 3.12. The Morgan fingerprint density at radius 2 is 2.18 bits per heavy atom. The maximum Gasteiger partial charge on any atom is 0.0576 e. The fraction of sp³-hybridized carbons (Fsp3) is 1.00. The van der Waals surface area contributed by atoms with E-state index in [1.165, 1.54) is 38.5 Å². The number of hydrogen-bond donors (Lipinski definition) is 1. The van der Waals surface area contributed by atoms with Crippen molar-refractivity contribution < 1.29 is 9.47 Å². The molecule has 0 bridgehead atoms. The number of ether oxygens (including phenoxy) is 2. The molecule has 3 nitrogen and oxygen atoms in total. The van der Waals surface area contributed by atoms with Crippen LogP contribution in [-0.2, 0) is 9.47 Å². The molecule has 0 aromatic heterocycles. The van der Waals surface area contributed by atoms with E-state index in [0.717, 1.165) is 13.0 Å². The Hall–Kier alpha value is -0.120. The van der Waals surface area contributed by atoms with E-state index >= 15 is 0 Å². The van der Waals surface area contributed by atoms with Crippen molar-refractivity contribution in [1.29, 1.82) is 0 Å². The Labute approximate surface area is 106 Å². The van der Waals surface area contributed by atoms with E-state index in [4.69, 9.17) is 9.47 Å². The van der Waals surface area contributed by atoms with E-state index < -0.39 is 0 Å². The van der Waals surface area contributed by atoms with Crippen LogP contribution < -0.4 is 5.32 Å². The molecule has 1 saturated heterocycles. The molecule has 0 saturated carbocycles. The molecule has 0 aromatic rings. The van der Waals surface area contributed by atoms with Crippen molar-refractivity contribution in [2.75, 3.05) is 20.8 Å². The van der Waals surface area contributed by atoms with Crippen LogP contribution in [0.2, 0.25) is 0 Å². The maximum atomic E-state index is 5.64. The van der Waals surface area contributed by atoms with Crippen LogP contribution in [0.3, 0.4) is 0 Å². The van der Waals surface area contributed by atoms with E-state index in [1.54, 1.807) is 7.11 Å². The second-order valence-electron chi connectivity index (χ2n) is 5.18. The monoisotopic (exact) mass is 243 g/mol. The minimum atomic E-state index is 0.379. The summed E-state index contributed by atoms with van der Waals surface area (Å²) in [4.78, 5) is 0. The summed E-state index contributed by atoms with van der Waals surface area (Å²) in [6, 6.07) is 0.633. The smallest absolute Gasteiger partial charge is 0.0576 e. The Morgan fingerprint density at radius 1 is 1.35 bits per heavy atom. The first-order valence-corrected chi connectivity index (χ1v) is 7.08. The molecule has 1 aliphatic heterocycles. The van der Waals surface area contributed by atoms with Crippen molar-refractivity contribution in [2.24, 2.45) is 0 Å². The highest BCUT2D eigenvalue weighted by Crippen LogP contribution is 2.19. The van der Waals surface area contributed by atoms with Gasteiger partial charge in [-0.2, -0.15) is 0 Å². The van der Waals surface area contributed by atoms with E-state index in [2.05, 4.69) is 19.3 Å². The van der Waals surface area contributed by atoms with Gasteiger partial charge in [0.2, 0.25) is 0 Å². The Balaban J connectivity index is 2.04. The number of nitrogens with one attached hydrogen (secondary N) is 1. The zero-order valence-corrected chi connectivity index (χ0v) is 11.7. The predicted octanol–water partition coefficient (Wildman–Crippen LogP) is 2.74. The zero-order valence-electron chi connectivity index (χ0n) is 11.7. The van der Waals surface area contributed by atoms with Gasteiger partial charge < -0.3 is 14.8 Å². The summed E-state index contributed by atoms with van der Waals surface area (Å²) in [5.74, 6) is 0. The quantitative estimate of drug-likeness (QED) is 0.675. The van der Waals surface area contributed by atoms with Crippen LogP contribution in [0, 0.1) is 0 Å². The molecule has 1 N–H and O–H groups in total. The first kappa shape index (κ1) is 14.9. The van der Waals surface area contributed by atoms with Gasteiger partial charge in [-0.3, -0.25) is 0 Å². The molecule has 0 amide bonds. The normalized spacial score (nSPS) is 23.8. The van der Waals surface area contributed by atoms with Gasteiger partial charge in [0, 0.05) is 19.8 Å². The second kappa shape index (κ2) is 8.90. The van der Waals surface area contributed by atoms with Gasteiger partial charge in [-0.05, 0) is 58.9 Å². The lowest BCUT2D eigenvalue weighted by Gasteiger charge is -2.19. The van der Waals surface area contributed by atoms with E-state index in [1.807, 2.05) is 0 Å². The van der Waals surface area contributed by atoms with Crippen LogP contribution in [0.5, 0.6) is 0 Å². The molecule has 17 heavy (non-hydrogen) atoms. The van der Waals surface area contributed by atoms with Gasteiger partial charge in [0.05, 0.1) is 12.2 Å². The molecule has 3 heteroatoms. The molecule has 0 aliphatic carbocycles. The minimum Gasteiger partial charge on any atom is -0.382 e. The van der Waals surface area contributed by atoms with Crippen molar-refractivity contribution in [3.63, 3.8) is 0 Å². The number of hydrogen-bond acceptors (Lipinski definition) is 3. The highest BCUT2D eigenvalue weighted by atomic mass is 16.5. The molecule has 1 aliphatic rings. The largest absolute Gasteiger partial charge is 0.382 e. The molecule has 1 fully saturated rings. The Bertz CT molecular complexity index is 181. The molecular weight excluding hydrogens is 214 g/mol. The van der Waals surface area contributed by atoms with Gasteiger partial charge in [-0.15, -0.1) is 0 Å². The standard InChI is InChI=1S/C14H29NO2/c1-12(16-3)9-10-13(15-2)6-4-7-14-8-5-11-17-14/h12-15H,4-11H2,1-3H3. The number of methoxy groups -OCH3 is 1. The summed E-state index contributed by atoms with van der Waals surface area (Å²) in [5.41, 5.74) is 0. The van der Waals surface area contributed by atoms with Crippen LogP contribution in [0.25, 0.3) is 0 Å². The summed E-state index contributed by atoms with van der Waals surface area (Å²) < 4.78 is 10.9. The predicted molar refractivity (Wildman–Crippen MR) is 71.4 cm³/mol. The Kier molecular flexibility index (Phi) is 7.82. The maximum absolute atomic E-state index is 5.64. The van der Waals surface area contributed by atoms with Crippen LogP contribution >= 0.6 is 0 Å². The summed E-state index contributed by atoms with van der Waals surface area (Å²) in [5, 5.41) is 3.41. The van der Waals surface area contributed by atoms with Crippen molar-refractivity contribution in [3.8, 4) is 0 Å². The van der Waals surface area contributed by atoms with Gasteiger partial charge in [0.1, 0.15) is 0 Å². The van der Waals surface area contributed by atoms with Crippen LogP contribution in [0.15, 0.2) is 0 Å². The lowest BCUT2D eigenvalue weighted by Crippen LogP contribution is -2.26. The SMILES string of the molecule is CNC(CCCC1CCCO1)CCC(C)OC. The van der Waals surface area contributed by atoms with Gasteiger partial charge >= 0.3 is 0 Å². The lowest BCUT2D eigenvalue weighted by atomic mass is 10.0. The van der Waals surface area contributed by atoms with Crippen molar-refractivity contribution >= 4 is 0 Å². The molecule has 0 radical (unpaired) electrons. The van der Waals surface area contributed by atoms with Crippen LogP contribution in [-0.4, -0.2) is 39.0 Å². The Morgan fingerprint density at radius 3 is 2.76 bits per heavy atom. The van der Waals surface area contributed by atoms with Gasteiger partial charge in [-0.1, -0.05) is 0 Å². The molecule has 1 rings (SSSR count). The third-order valence-corrected chi connectivity index (χ3v) is 3.83. The molecule has 102 valence electrons. The van der Waals surface area contributed by atoms with E-state index in [0.29, 0.717) is 18.2 Å². The minimum absolute atomic E-state index is 0.379. The summed E-state index contributed by atoms with van der Waals surface area (Å²) in [6.07, 6.45) is 9.56. The summed E-state index contributed by atoms with van der Waals surface area (Å²) in [7, 11) is 3.85. The molecular formula is C14H29NO2. The van der Waals surface area contributed by atoms with Gasteiger partial charge in [0.15, 0.2) is 0 Å². The van der Waals surface area contributed by atoms with E-state index in [9.17, 15) is 0 Å². The molecule has 0 aromatic carbocycles. The van der Waals surface area contributed by atoms with Crippen molar-refractivity contribution in [1.82, 2.24) is 5.32 Å². The number of rotatable bonds is 9. The molecule has 3 atom stereocenters. The highest BCUT2D eigenvalue weighted by Gasteiger charge is 2.16. The van der Waals surface area contributed by atoms with Crippen molar-refractivity contribution in [2.45, 2.75) is 70.1 Å². The molecule has 3 unspecified atom stereocenters. The first-order chi connectivity index (χ1) is 8.26. The second-order valence-corrected chi connectivity index (χ2v) is 5.18. The first-order valence-electron chi connectivity index (χ1n) is 7.08. The zero-order chi connectivity index (χ0) is 12.5. The molecule has 0 spiro atoms. The van der Waals surface area contributed by atoms with Crippen molar-refractivity contribution in [3.05, 3.63) is 0 Å². The fourth-order valence-corrected chi connectivity index (χ4v) is 2.45. The molecule has 1 heterocycles. The van der Waals surface area contributed by atoms with Crippen LogP contribution in [0.4, 0.5) is 0 Å². The fourth-order valence-electron chi connectivity index (χ4n) is 2.45. The topological polar surface area (TPSA) is 30.5 Å². The third-order valence-electron chi connectivity index (χ3n) is 3.83. The average molecular weight is 243 g/mol. The lowest BCUT2D eigenvalue weighted by molar-refractivity contribution is 0.0982.